The van der Waals surface area contributed by atoms with Gasteiger partial charge in [-0.15, -0.1) is 0 Å². The fraction of sp³-hybridized carbons (Fsp3) is 0.556. The van der Waals surface area contributed by atoms with E-state index in [1.165, 1.54) is 0 Å². The number of nitrogen functional groups attached to an aromatic ring is 2. The highest BCUT2D eigenvalue weighted by molar-refractivity contribution is 5.61. The summed E-state index contributed by atoms with van der Waals surface area (Å²) in [5.74, 6) is 0.318. The summed E-state index contributed by atoms with van der Waals surface area (Å²) in [6.45, 7) is 2.56. The van der Waals surface area contributed by atoms with Crippen LogP contribution in [0.4, 0.5) is 17.5 Å². The molecule has 0 fully saturated rings. The van der Waals surface area contributed by atoms with E-state index >= 15 is 0 Å². The standard InChI is InChI=1S/C9H18N6O/c1-2-3-5(10)4-13-7-6(11)8(16)15-9(12)14-7/h5H,2-4,10-11H2,1H3,(H4,12,13,14,15,16)/t5-/m0/s1. The van der Waals surface area contributed by atoms with Gasteiger partial charge in [0.2, 0.25) is 5.95 Å². The number of hydrogen-bond acceptors (Lipinski definition) is 6. The van der Waals surface area contributed by atoms with Crippen LogP contribution in [-0.4, -0.2) is 22.6 Å². The summed E-state index contributed by atoms with van der Waals surface area (Å²) in [4.78, 5) is 17.5. The van der Waals surface area contributed by atoms with Crippen LogP contribution < -0.4 is 28.1 Å². The minimum absolute atomic E-state index is 0.00622. The van der Waals surface area contributed by atoms with Gasteiger partial charge < -0.3 is 22.5 Å². The second kappa shape index (κ2) is 5.36. The molecule has 8 N–H and O–H groups in total. The lowest BCUT2D eigenvalue weighted by atomic mass is 10.2. The minimum Gasteiger partial charge on any atom is -0.391 e. The molecule has 7 nitrogen and oxygen atoms in total. The lowest BCUT2D eigenvalue weighted by Gasteiger charge is -2.13. The number of nitrogens with two attached hydrogens (primary N) is 3. The summed E-state index contributed by atoms with van der Waals surface area (Å²) in [5, 5.41) is 2.92. The number of aromatic nitrogens is 2. The van der Waals surface area contributed by atoms with Crippen molar-refractivity contribution >= 4 is 17.5 Å². The molecule has 1 aromatic heterocycles. The van der Waals surface area contributed by atoms with Crippen molar-refractivity contribution in [3.05, 3.63) is 10.4 Å². The lowest BCUT2D eigenvalue weighted by Crippen LogP contribution is -2.30. The first-order chi connectivity index (χ1) is 7.54. The Bertz CT molecular complexity index is 401. The van der Waals surface area contributed by atoms with E-state index in [4.69, 9.17) is 17.2 Å². The van der Waals surface area contributed by atoms with Crippen LogP contribution in [0.25, 0.3) is 0 Å². The third-order valence-electron chi connectivity index (χ3n) is 2.16. The van der Waals surface area contributed by atoms with Crippen molar-refractivity contribution in [2.75, 3.05) is 23.3 Å². The molecule has 1 atom stereocenters. The van der Waals surface area contributed by atoms with Gasteiger partial charge in [-0.1, -0.05) is 13.3 Å². The van der Waals surface area contributed by atoms with E-state index in [1.54, 1.807) is 0 Å². The van der Waals surface area contributed by atoms with Crippen LogP contribution in [0.1, 0.15) is 19.8 Å². The van der Waals surface area contributed by atoms with E-state index in [0.717, 1.165) is 12.8 Å². The molecular weight excluding hydrogens is 208 g/mol. The normalized spacial score (nSPS) is 12.4. The summed E-state index contributed by atoms with van der Waals surface area (Å²) in [7, 11) is 0. The first-order valence-corrected chi connectivity index (χ1v) is 5.19. The van der Waals surface area contributed by atoms with E-state index in [9.17, 15) is 4.79 Å². The van der Waals surface area contributed by atoms with Gasteiger partial charge in [0, 0.05) is 12.6 Å². The molecule has 90 valence electrons. The predicted molar refractivity (Wildman–Crippen MR) is 65.1 cm³/mol. The highest BCUT2D eigenvalue weighted by Crippen LogP contribution is 2.10. The highest BCUT2D eigenvalue weighted by Gasteiger charge is 2.08. The van der Waals surface area contributed by atoms with Gasteiger partial charge in [0.15, 0.2) is 5.82 Å². The number of H-pyrrole nitrogens is 1. The molecule has 0 unspecified atom stereocenters. The van der Waals surface area contributed by atoms with Gasteiger partial charge in [-0.05, 0) is 6.42 Å². The first kappa shape index (κ1) is 12.3. The van der Waals surface area contributed by atoms with E-state index in [2.05, 4.69) is 22.2 Å². The average molecular weight is 226 g/mol. The predicted octanol–water partition coefficient (Wildman–Crippen LogP) is -0.526. The molecule has 0 saturated carbocycles. The quantitative estimate of drug-likeness (QED) is 0.458. The van der Waals surface area contributed by atoms with Gasteiger partial charge >= 0.3 is 0 Å². The van der Waals surface area contributed by atoms with Crippen LogP contribution in [0, 0.1) is 0 Å². The number of anilines is 3. The number of rotatable bonds is 5. The molecule has 0 aliphatic rings. The third-order valence-corrected chi connectivity index (χ3v) is 2.16. The Balaban J connectivity index is 2.70. The molecule has 0 aliphatic carbocycles. The molecule has 1 aromatic rings. The van der Waals surface area contributed by atoms with Gasteiger partial charge in [-0.25, -0.2) is 0 Å². The molecule has 0 aromatic carbocycles. The Morgan fingerprint density at radius 3 is 2.81 bits per heavy atom. The molecule has 1 heterocycles. The van der Waals surface area contributed by atoms with Crippen molar-refractivity contribution in [1.82, 2.24) is 9.97 Å². The van der Waals surface area contributed by atoms with Gasteiger partial charge in [0.05, 0.1) is 0 Å². The third kappa shape index (κ3) is 3.13. The summed E-state index contributed by atoms with van der Waals surface area (Å²) < 4.78 is 0. The van der Waals surface area contributed by atoms with Crippen molar-refractivity contribution in [1.29, 1.82) is 0 Å². The largest absolute Gasteiger partial charge is 0.391 e. The summed E-state index contributed by atoms with van der Waals surface area (Å²) in [6.07, 6.45) is 1.90. The van der Waals surface area contributed by atoms with Crippen LogP contribution >= 0.6 is 0 Å². The number of hydrogen-bond donors (Lipinski definition) is 5. The molecule has 0 amide bonds. The lowest BCUT2D eigenvalue weighted by molar-refractivity contribution is 0.626. The molecule has 16 heavy (non-hydrogen) atoms. The van der Waals surface area contributed by atoms with Crippen molar-refractivity contribution in [2.24, 2.45) is 5.73 Å². The van der Waals surface area contributed by atoms with Crippen molar-refractivity contribution in [3.8, 4) is 0 Å². The first-order valence-electron chi connectivity index (χ1n) is 5.19. The summed E-state index contributed by atoms with van der Waals surface area (Å²) in [5.41, 5.74) is 16.3. The van der Waals surface area contributed by atoms with E-state index in [1.807, 2.05) is 0 Å². The fourth-order valence-corrected chi connectivity index (χ4v) is 1.34. The van der Waals surface area contributed by atoms with Gasteiger partial charge in [-0.2, -0.15) is 4.98 Å². The van der Waals surface area contributed by atoms with Crippen molar-refractivity contribution in [2.45, 2.75) is 25.8 Å². The monoisotopic (exact) mass is 226 g/mol. The number of nitrogens with one attached hydrogen (secondary N) is 2. The van der Waals surface area contributed by atoms with Gasteiger partial charge in [0.25, 0.3) is 5.56 Å². The van der Waals surface area contributed by atoms with Gasteiger partial charge in [-0.3, -0.25) is 9.78 Å². The minimum atomic E-state index is -0.445. The van der Waals surface area contributed by atoms with Crippen LogP contribution in [0.3, 0.4) is 0 Å². The Morgan fingerprint density at radius 2 is 2.19 bits per heavy atom. The zero-order valence-corrected chi connectivity index (χ0v) is 9.29. The molecule has 0 radical (unpaired) electrons. The number of nitrogens with zero attached hydrogens (tertiary/aromatic N) is 1. The van der Waals surface area contributed by atoms with Crippen molar-refractivity contribution in [3.63, 3.8) is 0 Å². The Labute approximate surface area is 93.4 Å². The van der Waals surface area contributed by atoms with Crippen LogP contribution in [0.15, 0.2) is 4.79 Å². The highest BCUT2D eigenvalue weighted by atomic mass is 16.1. The Kier molecular flexibility index (Phi) is 4.12. The molecule has 1 rings (SSSR count). The van der Waals surface area contributed by atoms with E-state index in [-0.39, 0.29) is 23.5 Å². The van der Waals surface area contributed by atoms with Gasteiger partial charge in [0.1, 0.15) is 5.69 Å². The zero-order chi connectivity index (χ0) is 12.1. The summed E-state index contributed by atoms with van der Waals surface area (Å²) >= 11 is 0. The maximum absolute atomic E-state index is 11.3. The zero-order valence-electron chi connectivity index (χ0n) is 9.29. The van der Waals surface area contributed by atoms with Crippen molar-refractivity contribution < 1.29 is 0 Å². The Hall–Kier alpha value is -1.76. The molecule has 0 aliphatic heterocycles. The molecule has 0 spiro atoms. The summed E-state index contributed by atoms with van der Waals surface area (Å²) in [6, 6.07) is 0.00622. The van der Waals surface area contributed by atoms with Crippen LogP contribution in [0.2, 0.25) is 0 Å². The Morgan fingerprint density at radius 1 is 1.50 bits per heavy atom. The smallest absolute Gasteiger partial charge is 0.277 e. The number of aromatic amines is 1. The van der Waals surface area contributed by atoms with E-state index < -0.39 is 5.56 Å². The fourth-order valence-electron chi connectivity index (χ4n) is 1.34. The molecule has 0 bridgehead atoms. The SMILES string of the molecule is CCC[C@H](N)CNc1nc(N)[nH]c(=O)c1N. The maximum atomic E-state index is 11.3. The second-order valence-electron chi connectivity index (χ2n) is 3.64. The average Bonchev–Trinajstić information content (AvgIpc) is 2.21. The van der Waals surface area contributed by atoms with E-state index in [0.29, 0.717) is 6.54 Å². The topological polar surface area (TPSA) is 136 Å². The second-order valence-corrected chi connectivity index (χ2v) is 3.64. The molecular formula is C9H18N6O. The molecule has 7 heteroatoms. The maximum Gasteiger partial charge on any atom is 0.277 e. The molecule has 0 saturated heterocycles. The van der Waals surface area contributed by atoms with Crippen LogP contribution in [-0.2, 0) is 0 Å². The van der Waals surface area contributed by atoms with Crippen LogP contribution in [0.5, 0.6) is 0 Å².